The number of carbonyl (C=O) groups excluding carboxylic acids is 1. The van der Waals surface area contributed by atoms with E-state index >= 15 is 0 Å². The van der Waals surface area contributed by atoms with E-state index in [4.69, 9.17) is 0 Å². The van der Waals surface area contributed by atoms with E-state index in [1.54, 1.807) is 0 Å². The molecule has 1 aliphatic rings. The van der Waals surface area contributed by atoms with Crippen molar-refractivity contribution < 1.29 is 15.0 Å². The topological polar surface area (TPSA) is 60.8 Å². The molecule has 0 saturated carbocycles. The second-order valence-corrected chi connectivity index (χ2v) is 4.99. The van der Waals surface area contributed by atoms with Crippen LogP contribution in [0.2, 0.25) is 0 Å². The van der Waals surface area contributed by atoms with Gasteiger partial charge in [0, 0.05) is 18.7 Å². The molecule has 3 atom stereocenters. The lowest BCUT2D eigenvalue weighted by Crippen LogP contribution is -2.38. The highest BCUT2D eigenvalue weighted by atomic mass is 16.3. The van der Waals surface area contributed by atoms with E-state index in [0.717, 1.165) is 5.56 Å². The van der Waals surface area contributed by atoms with E-state index < -0.39 is 12.2 Å². The standard InChI is InChI=1S/C14H19NO3/c1-9-3-5-11(6-4-9)14(18)10(2)15-7-12(16)13(17)8-15/h3-6,10,12-13,16-17H,7-8H2,1-2H3. The third kappa shape index (κ3) is 2.61. The molecule has 1 aromatic carbocycles. The first kappa shape index (κ1) is 13.2. The first-order valence-corrected chi connectivity index (χ1v) is 6.20. The number of rotatable bonds is 3. The molecule has 1 aromatic rings. The van der Waals surface area contributed by atoms with Gasteiger partial charge in [0.25, 0.3) is 0 Å². The number of Topliss-reactive ketones (excluding diaryl/α,β-unsaturated/α-hetero) is 1. The van der Waals surface area contributed by atoms with Gasteiger partial charge in [-0.25, -0.2) is 0 Å². The number of likely N-dealkylation sites (tertiary alicyclic amines) is 1. The number of aliphatic hydroxyl groups is 2. The number of aliphatic hydroxyl groups excluding tert-OH is 2. The van der Waals surface area contributed by atoms with Crippen LogP contribution >= 0.6 is 0 Å². The minimum absolute atomic E-state index is 0.0244. The minimum atomic E-state index is -0.752. The van der Waals surface area contributed by atoms with Crippen molar-refractivity contribution in [3.8, 4) is 0 Å². The molecule has 98 valence electrons. The van der Waals surface area contributed by atoms with Crippen molar-refractivity contribution in [2.45, 2.75) is 32.1 Å². The maximum absolute atomic E-state index is 12.3. The number of hydrogen-bond acceptors (Lipinski definition) is 4. The summed E-state index contributed by atoms with van der Waals surface area (Å²) in [5.74, 6) is 0.0244. The van der Waals surface area contributed by atoms with Crippen LogP contribution in [0.4, 0.5) is 0 Å². The normalized spacial score (nSPS) is 26.2. The fraction of sp³-hybridized carbons (Fsp3) is 0.500. The fourth-order valence-corrected chi connectivity index (χ4v) is 2.24. The summed E-state index contributed by atoms with van der Waals surface area (Å²) in [4.78, 5) is 14.1. The Morgan fingerprint density at radius 2 is 1.72 bits per heavy atom. The number of carbonyl (C=O) groups is 1. The zero-order valence-corrected chi connectivity index (χ0v) is 10.7. The third-order valence-electron chi connectivity index (χ3n) is 3.55. The van der Waals surface area contributed by atoms with Crippen LogP contribution in [-0.2, 0) is 0 Å². The largest absolute Gasteiger partial charge is 0.389 e. The van der Waals surface area contributed by atoms with Crippen LogP contribution < -0.4 is 0 Å². The molecule has 2 N–H and O–H groups in total. The highest BCUT2D eigenvalue weighted by Gasteiger charge is 2.34. The Kier molecular flexibility index (Phi) is 3.80. The molecular weight excluding hydrogens is 230 g/mol. The van der Waals surface area contributed by atoms with E-state index in [2.05, 4.69) is 0 Å². The quantitative estimate of drug-likeness (QED) is 0.770. The zero-order valence-electron chi connectivity index (χ0n) is 10.7. The van der Waals surface area contributed by atoms with Crippen molar-refractivity contribution in [2.75, 3.05) is 13.1 Å². The molecule has 18 heavy (non-hydrogen) atoms. The van der Waals surface area contributed by atoms with Crippen molar-refractivity contribution in [1.29, 1.82) is 0 Å². The van der Waals surface area contributed by atoms with Gasteiger partial charge in [0.1, 0.15) is 0 Å². The Labute approximate surface area is 107 Å². The van der Waals surface area contributed by atoms with E-state index in [-0.39, 0.29) is 11.8 Å². The highest BCUT2D eigenvalue weighted by Crippen LogP contribution is 2.17. The molecule has 1 aliphatic heterocycles. The van der Waals surface area contributed by atoms with Crippen molar-refractivity contribution in [2.24, 2.45) is 0 Å². The summed E-state index contributed by atoms with van der Waals surface area (Å²) in [6.07, 6.45) is -1.50. The van der Waals surface area contributed by atoms with Crippen molar-refractivity contribution in [3.05, 3.63) is 35.4 Å². The van der Waals surface area contributed by atoms with Crippen LogP contribution in [0.25, 0.3) is 0 Å². The van der Waals surface area contributed by atoms with Gasteiger partial charge in [-0.15, -0.1) is 0 Å². The number of nitrogens with zero attached hydrogens (tertiary/aromatic N) is 1. The Morgan fingerprint density at radius 1 is 1.22 bits per heavy atom. The van der Waals surface area contributed by atoms with Gasteiger partial charge in [-0.1, -0.05) is 29.8 Å². The highest BCUT2D eigenvalue weighted by molar-refractivity contribution is 5.99. The SMILES string of the molecule is Cc1ccc(C(=O)C(C)N2CC(O)C(O)C2)cc1. The number of ketones is 1. The van der Waals surface area contributed by atoms with Crippen LogP contribution in [0, 0.1) is 6.92 Å². The third-order valence-corrected chi connectivity index (χ3v) is 3.55. The lowest BCUT2D eigenvalue weighted by atomic mass is 10.0. The number of β-amino-alcohol motifs (C(OH)–C–C–N with tert-alkyl or cyclic N) is 2. The van der Waals surface area contributed by atoms with Gasteiger partial charge < -0.3 is 10.2 Å². The minimum Gasteiger partial charge on any atom is -0.389 e. The zero-order chi connectivity index (χ0) is 13.3. The molecule has 0 aromatic heterocycles. The molecule has 0 spiro atoms. The maximum atomic E-state index is 12.3. The van der Waals surface area contributed by atoms with E-state index in [1.165, 1.54) is 0 Å². The van der Waals surface area contributed by atoms with Gasteiger partial charge >= 0.3 is 0 Å². The second-order valence-electron chi connectivity index (χ2n) is 4.99. The van der Waals surface area contributed by atoms with Crippen molar-refractivity contribution in [3.63, 3.8) is 0 Å². The number of aryl methyl sites for hydroxylation is 1. The molecule has 2 rings (SSSR count). The molecule has 4 heteroatoms. The van der Waals surface area contributed by atoms with Crippen molar-refractivity contribution in [1.82, 2.24) is 4.90 Å². The van der Waals surface area contributed by atoms with E-state index in [9.17, 15) is 15.0 Å². The second kappa shape index (κ2) is 5.18. The summed E-state index contributed by atoms with van der Waals surface area (Å²) in [6.45, 7) is 4.48. The smallest absolute Gasteiger partial charge is 0.179 e. The molecule has 1 heterocycles. The monoisotopic (exact) mass is 249 g/mol. The molecule has 4 nitrogen and oxygen atoms in total. The molecule has 1 saturated heterocycles. The van der Waals surface area contributed by atoms with Gasteiger partial charge in [0.05, 0.1) is 18.2 Å². The molecule has 0 aliphatic carbocycles. The maximum Gasteiger partial charge on any atom is 0.179 e. The Balaban J connectivity index is 2.07. The van der Waals surface area contributed by atoms with Gasteiger partial charge in [0.2, 0.25) is 0 Å². The van der Waals surface area contributed by atoms with Crippen LogP contribution in [0.5, 0.6) is 0 Å². The molecule has 1 fully saturated rings. The Bertz CT molecular complexity index is 419. The Hall–Kier alpha value is -1.23. The van der Waals surface area contributed by atoms with Crippen LogP contribution in [0.1, 0.15) is 22.8 Å². The van der Waals surface area contributed by atoms with Crippen LogP contribution in [-0.4, -0.2) is 52.2 Å². The first-order valence-electron chi connectivity index (χ1n) is 6.20. The van der Waals surface area contributed by atoms with Crippen LogP contribution in [0.3, 0.4) is 0 Å². The Morgan fingerprint density at radius 3 is 2.22 bits per heavy atom. The fourth-order valence-electron chi connectivity index (χ4n) is 2.24. The van der Waals surface area contributed by atoms with E-state index in [1.807, 2.05) is 43.0 Å². The van der Waals surface area contributed by atoms with Crippen molar-refractivity contribution >= 4 is 5.78 Å². The summed E-state index contributed by atoms with van der Waals surface area (Å²) in [5.41, 5.74) is 1.79. The van der Waals surface area contributed by atoms with Gasteiger partial charge in [-0.2, -0.15) is 0 Å². The lowest BCUT2D eigenvalue weighted by Gasteiger charge is -2.22. The van der Waals surface area contributed by atoms with Gasteiger partial charge in [-0.3, -0.25) is 9.69 Å². The predicted molar refractivity (Wildman–Crippen MR) is 68.6 cm³/mol. The number of benzene rings is 1. The average Bonchev–Trinajstić information content (AvgIpc) is 2.69. The summed E-state index contributed by atoms with van der Waals surface area (Å²) in [5, 5.41) is 19.0. The number of hydrogen-bond donors (Lipinski definition) is 2. The van der Waals surface area contributed by atoms with E-state index in [0.29, 0.717) is 18.7 Å². The van der Waals surface area contributed by atoms with Crippen LogP contribution in [0.15, 0.2) is 24.3 Å². The summed E-state index contributed by atoms with van der Waals surface area (Å²) < 4.78 is 0. The lowest BCUT2D eigenvalue weighted by molar-refractivity contribution is 0.0572. The first-order chi connectivity index (χ1) is 8.49. The summed E-state index contributed by atoms with van der Waals surface area (Å²) in [7, 11) is 0. The molecule has 3 unspecified atom stereocenters. The van der Waals surface area contributed by atoms with Gasteiger partial charge in [0.15, 0.2) is 5.78 Å². The predicted octanol–water partition coefficient (Wildman–Crippen LogP) is 0.604. The summed E-state index contributed by atoms with van der Waals surface area (Å²) in [6, 6.07) is 7.13. The molecule has 0 amide bonds. The summed E-state index contributed by atoms with van der Waals surface area (Å²) >= 11 is 0. The molecular formula is C14H19NO3. The molecule has 0 bridgehead atoms. The molecule has 0 radical (unpaired) electrons. The average molecular weight is 249 g/mol. The van der Waals surface area contributed by atoms with Gasteiger partial charge in [-0.05, 0) is 13.8 Å².